The van der Waals surface area contributed by atoms with Crippen molar-refractivity contribution in [2.24, 2.45) is 7.05 Å². The van der Waals surface area contributed by atoms with E-state index in [4.69, 9.17) is 0 Å². The summed E-state index contributed by atoms with van der Waals surface area (Å²) in [7, 11) is 3.70. The zero-order valence-electron chi connectivity index (χ0n) is 17.7. The summed E-state index contributed by atoms with van der Waals surface area (Å²) in [5.41, 5.74) is 4.63. The van der Waals surface area contributed by atoms with Gasteiger partial charge in [-0.05, 0) is 47.6 Å². The molecule has 0 fully saturated rings. The van der Waals surface area contributed by atoms with E-state index in [1.54, 1.807) is 11.9 Å². The summed E-state index contributed by atoms with van der Waals surface area (Å²) in [6, 6.07) is 16.3. The van der Waals surface area contributed by atoms with Crippen LogP contribution in [-0.4, -0.2) is 64.8 Å². The molecule has 6 heteroatoms. The molecule has 30 heavy (non-hydrogen) atoms. The van der Waals surface area contributed by atoms with Gasteiger partial charge in [-0.2, -0.15) is 0 Å². The van der Waals surface area contributed by atoms with Crippen molar-refractivity contribution >= 4 is 22.6 Å². The molecular weight excluding hydrogens is 376 g/mol. The molecule has 0 bridgehead atoms. The van der Waals surface area contributed by atoms with Gasteiger partial charge < -0.3 is 24.8 Å². The SMILES string of the molecule is CN(CC(O)CN1CCc2ccccc2CC1)C(=O)Nc1ccc2ccn(C)c2c1. The Balaban J connectivity index is 1.29. The zero-order chi connectivity index (χ0) is 21.1. The van der Waals surface area contributed by atoms with Gasteiger partial charge in [0.15, 0.2) is 0 Å². The summed E-state index contributed by atoms with van der Waals surface area (Å²) in [4.78, 5) is 16.4. The third-order valence-corrected chi connectivity index (χ3v) is 5.95. The van der Waals surface area contributed by atoms with Crippen LogP contribution in [0.15, 0.2) is 54.7 Å². The second kappa shape index (κ2) is 8.90. The number of β-amino-alcohol motifs (C(OH)–C–C–N with tert-alkyl or cyclic N) is 1. The number of hydrogen-bond donors (Lipinski definition) is 2. The maximum Gasteiger partial charge on any atom is 0.321 e. The number of urea groups is 1. The molecule has 3 aromatic rings. The molecule has 0 spiro atoms. The summed E-state index contributed by atoms with van der Waals surface area (Å²) in [6.07, 6.45) is 3.42. The zero-order valence-corrected chi connectivity index (χ0v) is 17.7. The molecular formula is C24H30N4O2. The summed E-state index contributed by atoms with van der Waals surface area (Å²) < 4.78 is 2.03. The molecule has 4 rings (SSSR count). The first-order valence-electron chi connectivity index (χ1n) is 10.5. The third kappa shape index (κ3) is 4.66. The van der Waals surface area contributed by atoms with Gasteiger partial charge in [0.25, 0.3) is 0 Å². The maximum absolute atomic E-state index is 12.6. The molecule has 158 valence electrons. The average molecular weight is 407 g/mol. The highest BCUT2D eigenvalue weighted by Gasteiger charge is 2.19. The van der Waals surface area contributed by atoms with Gasteiger partial charge in [0.2, 0.25) is 0 Å². The third-order valence-electron chi connectivity index (χ3n) is 5.95. The van der Waals surface area contributed by atoms with Crippen LogP contribution in [0.1, 0.15) is 11.1 Å². The fraction of sp³-hybridized carbons (Fsp3) is 0.375. The number of aliphatic hydroxyl groups excluding tert-OH is 1. The lowest BCUT2D eigenvalue weighted by Crippen LogP contribution is -2.43. The number of nitrogens with one attached hydrogen (secondary N) is 1. The Morgan fingerprint density at radius 3 is 2.53 bits per heavy atom. The van der Waals surface area contributed by atoms with Crippen LogP contribution < -0.4 is 5.32 Å². The quantitative estimate of drug-likeness (QED) is 0.685. The predicted molar refractivity (Wildman–Crippen MR) is 121 cm³/mol. The van der Waals surface area contributed by atoms with Crippen molar-refractivity contribution in [2.75, 3.05) is 38.5 Å². The number of amides is 2. The van der Waals surface area contributed by atoms with E-state index in [0.717, 1.165) is 42.5 Å². The standard InChI is InChI=1S/C24H30N4O2/c1-26-12-9-20-7-8-21(15-23(20)26)25-24(30)27(2)16-22(29)17-28-13-10-18-5-3-4-6-19(18)11-14-28/h3-9,12,15,22,29H,10-11,13-14,16-17H2,1-2H3,(H,25,30). The Bertz CT molecular complexity index is 1000. The minimum atomic E-state index is -0.586. The van der Waals surface area contributed by atoms with Crippen LogP contribution in [0.2, 0.25) is 0 Å². The highest BCUT2D eigenvalue weighted by molar-refractivity contribution is 5.92. The number of carbonyl (C=O) groups is 1. The van der Waals surface area contributed by atoms with Crippen molar-refractivity contribution in [3.63, 3.8) is 0 Å². The number of carbonyl (C=O) groups excluding carboxylic acids is 1. The van der Waals surface area contributed by atoms with Gasteiger partial charge in [-0.25, -0.2) is 4.79 Å². The largest absolute Gasteiger partial charge is 0.390 e. The molecule has 2 heterocycles. The predicted octanol–water partition coefficient (Wildman–Crippen LogP) is 3.10. The first-order chi connectivity index (χ1) is 14.5. The number of fused-ring (bicyclic) bond motifs is 2. The Hall–Kier alpha value is -2.83. The number of benzene rings is 2. The average Bonchev–Trinajstić information content (AvgIpc) is 2.98. The van der Waals surface area contributed by atoms with Gasteiger partial charge in [0.05, 0.1) is 6.10 Å². The van der Waals surface area contributed by atoms with E-state index in [1.807, 2.05) is 42.1 Å². The second-order valence-corrected chi connectivity index (χ2v) is 8.23. The van der Waals surface area contributed by atoms with E-state index in [1.165, 1.54) is 11.1 Å². The van der Waals surface area contributed by atoms with Crippen molar-refractivity contribution in [1.29, 1.82) is 0 Å². The molecule has 2 aromatic carbocycles. The molecule has 2 N–H and O–H groups in total. The van der Waals surface area contributed by atoms with Crippen molar-refractivity contribution in [2.45, 2.75) is 18.9 Å². The van der Waals surface area contributed by atoms with Crippen molar-refractivity contribution in [3.8, 4) is 0 Å². The first kappa shape index (κ1) is 20.4. The topological polar surface area (TPSA) is 60.7 Å². The molecule has 0 aliphatic carbocycles. The Labute approximate surface area is 177 Å². The van der Waals surface area contributed by atoms with E-state index in [-0.39, 0.29) is 6.03 Å². The molecule has 2 amide bonds. The molecule has 0 radical (unpaired) electrons. The molecule has 1 unspecified atom stereocenters. The van der Waals surface area contributed by atoms with E-state index in [9.17, 15) is 9.90 Å². The van der Waals surface area contributed by atoms with E-state index >= 15 is 0 Å². The van der Waals surface area contributed by atoms with E-state index < -0.39 is 6.10 Å². The smallest absolute Gasteiger partial charge is 0.321 e. The molecule has 1 aliphatic heterocycles. The number of rotatable bonds is 5. The first-order valence-corrected chi connectivity index (χ1v) is 10.5. The summed E-state index contributed by atoms with van der Waals surface area (Å²) in [6.45, 7) is 2.73. The molecule has 0 saturated carbocycles. The lowest BCUT2D eigenvalue weighted by molar-refractivity contribution is 0.0918. The number of likely N-dealkylation sites (N-methyl/N-ethyl adjacent to an activating group) is 1. The van der Waals surface area contributed by atoms with Gasteiger partial charge >= 0.3 is 6.03 Å². The highest BCUT2D eigenvalue weighted by atomic mass is 16.3. The Morgan fingerprint density at radius 1 is 1.13 bits per heavy atom. The van der Waals surface area contributed by atoms with Crippen molar-refractivity contribution < 1.29 is 9.90 Å². The van der Waals surface area contributed by atoms with Gasteiger partial charge in [-0.15, -0.1) is 0 Å². The number of aromatic nitrogens is 1. The normalized spacial score (nSPS) is 15.4. The van der Waals surface area contributed by atoms with Gasteiger partial charge in [-0.3, -0.25) is 0 Å². The fourth-order valence-electron chi connectivity index (χ4n) is 4.21. The number of aliphatic hydroxyl groups is 1. The summed E-state index contributed by atoms with van der Waals surface area (Å²) in [5, 5.41) is 14.6. The fourth-order valence-corrected chi connectivity index (χ4v) is 4.21. The van der Waals surface area contributed by atoms with Gasteiger partial charge in [-0.1, -0.05) is 30.3 Å². The maximum atomic E-state index is 12.6. The van der Waals surface area contributed by atoms with E-state index in [2.05, 4.69) is 34.5 Å². The molecule has 1 aromatic heterocycles. The summed E-state index contributed by atoms with van der Waals surface area (Å²) >= 11 is 0. The minimum Gasteiger partial charge on any atom is -0.390 e. The summed E-state index contributed by atoms with van der Waals surface area (Å²) in [5.74, 6) is 0. The Morgan fingerprint density at radius 2 is 1.83 bits per heavy atom. The number of aryl methyl sites for hydroxylation is 1. The van der Waals surface area contributed by atoms with Gasteiger partial charge in [0, 0.05) is 57.7 Å². The van der Waals surface area contributed by atoms with Crippen LogP contribution in [0.5, 0.6) is 0 Å². The van der Waals surface area contributed by atoms with Crippen LogP contribution in [0.4, 0.5) is 10.5 Å². The van der Waals surface area contributed by atoms with E-state index in [0.29, 0.717) is 13.1 Å². The van der Waals surface area contributed by atoms with Crippen molar-refractivity contribution in [1.82, 2.24) is 14.4 Å². The molecule has 1 aliphatic rings. The number of hydrogen-bond acceptors (Lipinski definition) is 3. The monoisotopic (exact) mass is 406 g/mol. The van der Waals surface area contributed by atoms with Crippen LogP contribution in [-0.2, 0) is 19.9 Å². The lowest BCUT2D eigenvalue weighted by atomic mass is 10.0. The van der Waals surface area contributed by atoms with Gasteiger partial charge in [0.1, 0.15) is 0 Å². The van der Waals surface area contributed by atoms with Crippen LogP contribution in [0, 0.1) is 0 Å². The lowest BCUT2D eigenvalue weighted by Gasteiger charge is -2.26. The Kier molecular flexibility index (Phi) is 6.06. The van der Waals surface area contributed by atoms with Crippen LogP contribution in [0.25, 0.3) is 10.9 Å². The van der Waals surface area contributed by atoms with Crippen molar-refractivity contribution in [3.05, 3.63) is 65.9 Å². The molecule has 0 saturated heterocycles. The second-order valence-electron chi connectivity index (χ2n) is 8.23. The number of anilines is 1. The highest BCUT2D eigenvalue weighted by Crippen LogP contribution is 2.20. The number of nitrogens with zero attached hydrogens (tertiary/aromatic N) is 3. The minimum absolute atomic E-state index is 0.217. The molecule has 6 nitrogen and oxygen atoms in total. The van der Waals surface area contributed by atoms with Crippen LogP contribution >= 0.6 is 0 Å². The van der Waals surface area contributed by atoms with Crippen LogP contribution in [0.3, 0.4) is 0 Å². The molecule has 1 atom stereocenters.